The Bertz CT molecular complexity index is 1140. The van der Waals surface area contributed by atoms with Gasteiger partial charge in [-0.05, 0) is 36.8 Å². The second-order valence-corrected chi connectivity index (χ2v) is 6.23. The molecule has 26 heavy (non-hydrogen) atoms. The lowest BCUT2D eigenvalue weighted by Crippen LogP contribution is -2.07. The van der Waals surface area contributed by atoms with E-state index in [1.165, 1.54) is 0 Å². The van der Waals surface area contributed by atoms with Gasteiger partial charge < -0.3 is 4.74 Å². The number of ether oxygens (including phenoxy) is 1. The average molecular weight is 364 g/mol. The van der Waals surface area contributed by atoms with Crippen LogP contribution in [0.5, 0.6) is 0 Å². The zero-order valence-electron chi connectivity index (χ0n) is 13.9. The maximum Gasteiger partial charge on any atom is 0.338 e. The van der Waals surface area contributed by atoms with E-state index in [1.54, 1.807) is 30.6 Å². The third-order valence-corrected chi connectivity index (χ3v) is 4.69. The number of aryl methyl sites for hydroxylation is 1. The molecule has 2 aromatic carbocycles. The molecule has 0 fully saturated rings. The molecular weight excluding hydrogens is 350 g/mol. The summed E-state index contributed by atoms with van der Waals surface area (Å²) in [5, 5.41) is 1.50. The van der Waals surface area contributed by atoms with E-state index in [1.807, 2.05) is 31.2 Å². The number of benzene rings is 2. The van der Waals surface area contributed by atoms with Crippen LogP contribution in [0.4, 0.5) is 0 Å². The zero-order chi connectivity index (χ0) is 18.1. The number of fused-ring (bicyclic) bond motifs is 2. The minimum atomic E-state index is -0.457. The number of hydrogen-bond donors (Lipinski definition) is 0. The summed E-state index contributed by atoms with van der Waals surface area (Å²) in [6.45, 7) is 1.93. The molecule has 0 saturated carbocycles. The van der Waals surface area contributed by atoms with Gasteiger partial charge in [-0.1, -0.05) is 29.8 Å². The molecule has 2 aromatic heterocycles. The number of carbonyl (C=O) groups excluding carboxylic acids is 1. The van der Waals surface area contributed by atoms with Crippen LogP contribution < -0.4 is 0 Å². The van der Waals surface area contributed by atoms with Crippen LogP contribution in [0.25, 0.3) is 21.9 Å². The summed E-state index contributed by atoms with van der Waals surface area (Å²) in [4.78, 5) is 25.3. The first-order chi connectivity index (χ1) is 12.6. The summed E-state index contributed by atoms with van der Waals surface area (Å²) in [5.41, 5.74) is 4.05. The molecule has 0 radical (unpaired) electrons. The molecule has 128 valence electrons. The maximum absolute atomic E-state index is 12.4. The fraction of sp³-hybridized carbons (Fsp3) is 0.100. The molecule has 0 atom stereocenters. The lowest BCUT2D eigenvalue weighted by atomic mass is 10.1. The third kappa shape index (κ3) is 2.97. The number of carbonyl (C=O) groups is 1. The Morgan fingerprint density at radius 3 is 2.65 bits per heavy atom. The predicted molar refractivity (Wildman–Crippen MR) is 100 cm³/mol. The smallest absolute Gasteiger partial charge is 0.338 e. The fourth-order valence-electron chi connectivity index (χ4n) is 2.82. The van der Waals surface area contributed by atoms with Gasteiger partial charge in [-0.2, -0.15) is 0 Å². The lowest BCUT2D eigenvalue weighted by Gasteiger charge is -2.10. The van der Waals surface area contributed by atoms with Crippen molar-refractivity contribution in [1.29, 1.82) is 0 Å². The van der Waals surface area contributed by atoms with Crippen LogP contribution in [0, 0.1) is 6.92 Å². The van der Waals surface area contributed by atoms with Crippen LogP contribution in [-0.2, 0) is 11.3 Å². The highest BCUT2D eigenvalue weighted by Gasteiger charge is 2.14. The third-order valence-electron chi connectivity index (χ3n) is 4.19. The minimum absolute atomic E-state index is 0.00183. The maximum atomic E-state index is 12.4. The van der Waals surface area contributed by atoms with Crippen molar-refractivity contribution in [3.8, 4) is 0 Å². The van der Waals surface area contributed by atoms with Crippen LogP contribution in [0.2, 0.25) is 5.02 Å². The molecule has 0 bridgehead atoms. The van der Waals surface area contributed by atoms with Crippen molar-refractivity contribution in [1.82, 2.24) is 15.0 Å². The molecule has 0 N–H and O–H groups in total. The van der Waals surface area contributed by atoms with Gasteiger partial charge in [0.1, 0.15) is 6.61 Å². The van der Waals surface area contributed by atoms with Crippen LogP contribution in [-0.4, -0.2) is 20.9 Å². The van der Waals surface area contributed by atoms with E-state index >= 15 is 0 Å². The average Bonchev–Trinajstić information content (AvgIpc) is 2.69. The SMILES string of the molecule is Cc1c(Cl)c(COC(=O)c2ccc3nccnc3c2)nc2ccccc12. The van der Waals surface area contributed by atoms with Crippen LogP contribution in [0.3, 0.4) is 0 Å². The van der Waals surface area contributed by atoms with Crippen LogP contribution in [0.15, 0.2) is 54.9 Å². The van der Waals surface area contributed by atoms with Crippen LogP contribution >= 0.6 is 11.6 Å². The first-order valence-corrected chi connectivity index (χ1v) is 8.43. The van der Waals surface area contributed by atoms with Crippen molar-refractivity contribution in [2.75, 3.05) is 0 Å². The number of hydrogen-bond acceptors (Lipinski definition) is 5. The Labute approximate surface area is 154 Å². The summed E-state index contributed by atoms with van der Waals surface area (Å²) in [6.07, 6.45) is 3.19. The van der Waals surface area contributed by atoms with Crippen molar-refractivity contribution in [3.05, 3.63) is 76.7 Å². The molecule has 0 aliphatic heterocycles. The summed E-state index contributed by atoms with van der Waals surface area (Å²) in [6, 6.07) is 12.8. The highest BCUT2D eigenvalue weighted by atomic mass is 35.5. The summed E-state index contributed by atoms with van der Waals surface area (Å²) in [5.74, 6) is -0.457. The number of rotatable bonds is 3. The number of para-hydroxylation sites is 1. The van der Waals surface area contributed by atoms with Crippen LogP contribution in [0.1, 0.15) is 21.6 Å². The molecule has 5 nitrogen and oxygen atoms in total. The molecule has 0 aliphatic rings. The molecule has 6 heteroatoms. The molecule has 0 aliphatic carbocycles. The van der Waals surface area contributed by atoms with Gasteiger partial charge in [0.15, 0.2) is 0 Å². The molecule has 0 spiro atoms. The quantitative estimate of drug-likeness (QED) is 0.501. The largest absolute Gasteiger partial charge is 0.456 e. The van der Waals surface area contributed by atoms with E-state index in [0.29, 0.717) is 21.8 Å². The van der Waals surface area contributed by atoms with Gasteiger partial charge in [-0.25, -0.2) is 9.78 Å². The number of pyridine rings is 1. The topological polar surface area (TPSA) is 65.0 Å². The molecule has 2 heterocycles. The second kappa shape index (κ2) is 6.69. The highest BCUT2D eigenvalue weighted by molar-refractivity contribution is 6.32. The second-order valence-electron chi connectivity index (χ2n) is 5.85. The van der Waals surface area contributed by atoms with E-state index in [4.69, 9.17) is 16.3 Å². The van der Waals surface area contributed by atoms with Gasteiger partial charge in [-0.3, -0.25) is 9.97 Å². The summed E-state index contributed by atoms with van der Waals surface area (Å²) < 4.78 is 5.41. The monoisotopic (exact) mass is 363 g/mol. The van der Waals surface area contributed by atoms with Gasteiger partial charge in [0.25, 0.3) is 0 Å². The number of nitrogens with zero attached hydrogens (tertiary/aromatic N) is 3. The standard InChI is InChI=1S/C20H14ClN3O2/c1-12-14-4-2-3-5-15(14)24-18(19(12)21)11-26-20(25)13-6-7-16-17(10-13)23-9-8-22-16/h2-10H,11H2,1H3. The number of aromatic nitrogens is 3. The molecule has 0 saturated heterocycles. The Morgan fingerprint density at radius 1 is 1.04 bits per heavy atom. The molecule has 4 rings (SSSR count). The number of esters is 1. The minimum Gasteiger partial charge on any atom is -0.456 e. The Hall–Kier alpha value is -3.05. The van der Waals surface area contributed by atoms with Gasteiger partial charge in [0, 0.05) is 17.8 Å². The Morgan fingerprint density at radius 2 is 1.81 bits per heavy atom. The van der Waals surface area contributed by atoms with E-state index in [0.717, 1.165) is 22.0 Å². The Kier molecular flexibility index (Phi) is 4.22. The normalized spacial score (nSPS) is 11.0. The molecule has 0 unspecified atom stereocenters. The van der Waals surface area contributed by atoms with Gasteiger partial charge in [0.2, 0.25) is 0 Å². The zero-order valence-corrected chi connectivity index (χ0v) is 14.7. The van der Waals surface area contributed by atoms with E-state index in [-0.39, 0.29) is 6.61 Å². The van der Waals surface area contributed by atoms with E-state index < -0.39 is 5.97 Å². The number of halogens is 1. The van der Waals surface area contributed by atoms with Gasteiger partial charge >= 0.3 is 5.97 Å². The summed E-state index contributed by atoms with van der Waals surface area (Å²) >= 11 is 6.41. The molecule has 4 aromatic rings. The van der Waals surface area contributed by atoms with Crippen molar-refractivity contribution >= 4 is 39.5 Å². The first kappa shape index (κ1) is 16.4. The van der Waals surface area contributed by atoms with Crippen molar-refractivity contribution in [2.24, 2.45) is 0 Å². The van der Waals surface area contributed by atoms with Gasteiger partial charge in [-0.15, -0.1) is 0 Å². The van der Waals surface area contributed by atoms with E-state index in [2.05, 4.69) is 15.0 Å². The Balaban J connectivity index is 1.59. The lowest BCUT2D eigenvalue weighted by molar-refractivity contribution is 0.0468. The van der Waals surface area contributed by atoms with Crippen molar-refractivity contribution < 1.29 is 9.53 Å². The van der Waals surface area contributed by atoms with E-state index in [9.17, 15) is 4.79 Å². The molecule has 0 amide bonds. The molecular formula is C20H14ClN3O2. The van der Waals surface area contributed by atoms with Crippen molar-refractivity contribution in [2.45, 2.75) is 13.5 Å². The van der Waals surface area contributed by atoms with Crippen molar-refractivity contribution in [3.63, 3.8) is 0 Å². The highest BCUT2D eigenvalue weighted by Crippen LogP contribution is 2.27. The predicted octanol–water partition coefficient (Wildman–Crippen LogP) is 4.50. The fourth-order valence-corrected chi connectivity index (χ4v) is 3.02. The van der Waals surface area contributed by atoms with Gasteiger partial charge in [0.05, 0.1) is 32.8 Å². The summed E-state index contributed by atoms with van der Waals surface area (Å²) in [7, 11) is 0. The first-order valence-electron chi connectivity index (χ1n) is 8.05.